The van der Waals surface area contributed by atoms with Crippen LogP contribution in [0, 0.1) is 5.92 Å². The number of fused-ring (bicyclic) bond motifs is 1. The third-order valence-electron chi connectivity index (χ3n) is 3.05. The first-order valence-electron chi connectivity index (χ1n) is 6.12. The Morgan fingerprint density at radius 1 is 1.21 bits per heavy atom. The van der Waals surface area contributed by atoms with Gasteiger partial charge in [0.2, 0.25) is 0 Å². The maximum atomic E-state index is 12.0. The van der Waals surface area contributed by atoms with Crippen molar-refractivity contribution in [2.75, 3.05) is 5.75 Å². The Bertz CT molecular complexity index is 616. The summed E-state index contributed by atoms with van der Waals surface area (Å²) >= 11 is 0. The van der Waals surface area contributed by atoms with Crippen LogP contribution in [0.2, 0.25) is 0 Å². The SMILES string of the molecule is CC(CS(=O)Cc1cccc2ccccc12)C(=O)O. The molecule has 0 amide bonds. The van der Waals surface area contributed by atoms with Crippen molar-refractivity contribution in [1.29, 1.82) is 0 Å². The summed E-state index contributed by atoms with van der Waals surface area (Å²) in [7, 11) is -1.16. The number of carboxylic acids is 1. The van der Waals surface area contributed by atoms with E-state index in [0.29, 0.717) is 5.75 Å². The lowest BCUT2D eigenvalue weighted by molar-refractivity contribution is -0.140. The molecule has 1 N–H and O–H groups in total. The van der Waals surface area contributed by atoms with Gasteiger partial charge in [-0.2, -0.15) is 0 Å². The number of rotatable bonds is 5. The molecule has 0 fully saturated rings. The smallest absolute Gasteiger partial charge is 0.307 e. The fourth-order valence-corrected chi connectivity index (χ4v) is 3.42. The van der Waals surface area contributed by atoms with E-state index in [9.17, 15) is 9.00 Å². The Kier molecular flexibility index (Phi) is 4.32. The van der Waals surface area contributed by atoms with Crippen LogP contribution in [-0.2, 0) is 21.3 Å². The summed E-state index contributed by atoms with van der Waals surface area (Å²) in [4.78, 5) is 10.8. The minimum Gasteiger partial charge on any atom is -0.481 e. The third-order valence-corrected chi connectivity index (χ3v) is 4.56. The van der Waals surface area contributed by atoms with Crippen molar-refractivity contribution in [2.24, 2.45) is 5.92 Å². The van der Waals surface area contributed by atoms with E-state index in [4.69, 9.17) is 5.11 Å². The highest BCUT2D eigenvalue weighted by atomic mass is 32.2. The van der Waals surface area contributed by atoms with Crippen LogP contribution in [0.4, 0.5) is 0 Å². The summed E-state index contributed by atoms with van der Waals surface area (Å²) in [5.41, 5.74) is 1.01. The first kappa shape index (κ1) is 13.7. The second-order valence-electron chi connectivity index (χ2n) is 4.63. The van der Waals surface area contributed by atoms with E-state index in [0.717, 1.165) is 16.3 Å². The summed E-state index contributed by atoms with van der Waals surface area (Å²) in [6, 6.07) is 13.8. The molecule has 2 unspecified atom stereocenters. The minimum atomic E-state index is -1.16. The number of carbonyl (C=O) groups is 1. The van der Waals surface area contributed by atoms with Gasteiger partial charge in [0.15, 0.2) is 0 Å². The fraction of sp³-hybridized carbons (Fsp3) is 0.267. The van der Waals surface area contributed by atoms with Crippen molar-refractivity contribution in [3.05, 3.63) is 48.0 Å². The van der Waals surface area contributed by atoms with Gasteiger partial charge in [-0.3, -0.25) is 9.00 Å². The average Bonchev–Trinajstić information content (AvgIpc) is 2.39. The zero-order chi connectivity index (χ0) is 13.8. The Morgan fingerprint density at radius 3 is 2.63 bits per heavy atom. The fourth-order valence-electron chi connectivity index (χ4n) is 2.00. The average molecular weight is 276 g/mol. The summed E-state index contributed by atoms with van der Waals surface area (Å²) < 4.78 is 12.0. The highest BCUT2D eigenvalue weighted by Gasteiger charge is 2.15. The molecule has 0 spiro atoms. The molecule has 2 aromatic carbocycles. The molecule has 100 valence electrons. The van der Waals surface area contributed by atoms with Crippen LogP contribution < -0.4 is 0 Å². The minimum absolute atomic E-state index is 0.193. The molecule has 2 atom stereocenters. The van der Waals surface area contributed by atoms with E-state index >= 15 is 0 Å². The lowest BCUT2D eigenvalue weighted by Crippen LogP contribution is -2.18. The summed E-state index contributed by atoms with van der Waals surface area (Å²) in [5, 5.41) is 11.0. The molecular weight excluding hydrogens is 260 g/mol. The third kappa shape index (κ3) is 3.41. The van der Waals surface area contributed by atoms with Crippen molar-refractivity contribution < 1.29 is 14.1 Å². The molecule has 0 heterocycles. The van der Waals surface area contributed by atoms with E-state index in [1.54, 1.807) is 6.92 Å². The van der Waals surface area contributed by atoms with Crippen LogP contribution in [0.3, 0.4) is 0 Å². The molecule has 2 rings (SSSR count). The molecule has 0 saturated heterocycles. The van der Waals surface area contributed by atoms with Gasteiger partial charge in [-0.1, -0.05) is 49.4 Å². The monoisotopic (exact) mass is 276 g/mol. The molecule has 0 saturated carbocycles. The normalized spacial score (nSPS) is 14.2. The predicted molar refractivity (Wildman–Crippen MR) is 77.5 cm³/mol. The zero-order valence-corrected chi connectivity index (χ0v) is 11.5. The predicted octanol–water partition coefficient (Wildman–Crippen LogP) is 2.81. The van der Waals surface area contributed by atoms with Crippen LogP contribution in [0.15, 0.2) is 42.5 Å². The van der Waals surface area contributed by atoms with E-state index in [1.165, 1.54) is 0 Å². The first-order chi connectivity index (χ1) is 9.08. The van der Waals surface area contributed by atoms with Crippen LogP contribution in [0.25, 0.3) is 10.8 Å². The molecule has 0 aliphatic rings. The molecule has 2 aromatic rings. The zero-order valence-electron chi connectivity index (χ0n) is 10.7. The Labute approximate surface area is 114 Å². The van der Waals surface area contributed by atoms with Crippen LogP contribution in [-0.4, -0.2) is 21.0 Å². The Hall–Kier alpha value is -1.68. The largest absolute Gasteiger partial charge is 0.481 e. The van der Waals surface area contributed by atoms with Crippen molar-refractivity contribution in [1.82, 2.24) is 0 Å². The van der Waals surface area contributed by atoms with Gasteiger partial charge in [-0.25, -0.2) is 0 Å². The van der Waals surface area contributed by atoms with Gasteiger partial charge in [-0.05, 0) is 16.3 Å². The lowest BCUT2D eigenvalue weighted by atomic mass is 10.1. The molecule has 4 heteroatoms. The molecule has 0 bridgehead atoms. The van der Waals surface area contributed by atoms with Gasteiger partial charge in [0.05, 0.1) is 5.92 Å². The summed E-state index contributed by atoms with van der Waals surface area (Å²) in [6.45, 7) is 1.59. The van der Waals surface area contributed by atoms with Crippen molar-refractivity contribution in [3.63, 3.8) is 0 Å². The maximum Gasteiger partial charge on any atom is 0.307 e. The van der Waals surface area contributed by atoms with Crippen molar-refractivity contribution in [2.45, 2.75) is 12.7 Å². The van der Waals surface area contributed by atoms with E-state index < -0.39 is 22.7 Å². The van der Waals surface area contributed by atoms with Crippen molar-refractivity contribution in [3.8, 4) is 0 Å². The molecule has 3 nitrogen and oxygen atoms in total. The van der Waals surface area contributed by atoms with E-state index in [-0.39, 0.29) is 5.75 Å². The van der Waals surface area contributed by atoms with Crippen LogP contribution >= 0.6 is 0 Å². The van der Waals surface area contributed by atoms with Gasteiger partial charge >= 0.3 is 5.97 Å². The number of aliphatic carboxylic acids is 1. The standard InChI is InChI=1S/C15H16O3S/c1-11(15(16)17)9-19(18)10-13-7-4-6-12-5-2-3-8-14(12)13/h2-8,11H,9-10H2,1H3,(H,16,17). The Balaban J connectivity index is 2.17. The quantitative estimate of drug-likeness (QED) is 0.913. The number of hydrogen-bond donors (Lipinski definition) is 1. The Morgan fingerprint density at radius 2 is 1.89 bits per heavy atom. The van der Waals surface area contributed by atoms with Crippen LogP contribution in [0.1, 0.15) is 12.5 Å². The van der Waals surface area contributed by atoms with E-state index in [1.807, 2.05) is 42.5 Å². The highest BCUT2D eigenvalue weighted by Crippen LogP contribution is 2.20. The van der Waals surface area contributed by atoms with Gasteiger partial charge in [0.1, 0.15) is 0 Å². The number of carboxylic acid groups (broad SMARTS) is 1. The number of benzene rings is 2. The van der Waals surface area contributed by atoms with Crippen LogP contribution in [0.5, 0.6) is 0 Å². The van der Waals surface area contributed by atoms with Crippen molar-refractivity contribution >= 4 is 27.5 Å². The highest BCUT2D eigenvalue weighted by molar-refractivity contribution is 7.84. The molecule has 0 aromatic heterocycles. The van der Waals surface area contributed by atoms with E-state index in [2.05, 4.69) is 0 Å². The summed E-state index contributed by atoms with van der Waals surface area (Å²) in [6.07, 6.45) is 0. The first-order valence-corrected chi connectivity index (χ1v) is 7.61. The maximum absolute atomic E-state index is 12.0. The second kappa shape index (κ2) is 5.97. The van der Waals surface area contributed by atoms with Gasteiger partial charge < -0.3 is 5.11 Å². The molecule has 19 heavy (non-hydrogen) atoms. The van der Waals surface area contributed by atoms with Gasteiger partial charge in [0, 0.05) is 22.3 Å². The second-order valence-corrected chi connectivity index (χ2v) is 6.13. The lowest BCUT2D eigenvalue weighted by Gasteiger charge is -2.08. The topological polar surface area (TPSA) is 54.4 Å². The van der Waals surface area contributed by atoms with Gasteiger partial charge in [-0.15, -0.1) is 0 Å². The van der Waals surface area contributed by atoms with Gasteiger partial charge in [0.25, 0.3) is 0 Å². The molecular formula is C15H16O3S. The molecule has 0 radical (unpaired) electrons. The summed E-state index contributed by atoms with van der Waals surface area (Å²) in [5.74, 6) is -0.876. The molecule has 0 aliphatic heterocycles. The molecule has 0 aliphatic carbocycles. The number of hydrogen-bond acceptors (Lipinski definition) is 2.